The minimum absolute atomic E-state index is 0.0114. The van der Waals surface area contributed by atoms with Gasteiger partial charge in [-0.3, -0.25) is 9.69 Å². The summed E-state index contributed by atoms with van der Waals surface area (Å²) in [6.45, 7) is 4.35. The van der Waals surface area contributed by atoms with Crippen molar-refractivity contribution in [3.05, 3.63) is 64.6 Å². The van der Waals surface area contributed by atoms with E-state index in [-0.39, 0.29) is 5.91 Å². The molecule has 0 aromatic heterocycles. The second kappa shape index (κ2) is 8.14. The molecule has 0 saturated carbocycles. The maximum absolute atomic E-state index is 12.6. The molecule has 26 heavy (non-hydrogen) atoms. The van der Waals surface area contributed by atoms with Crippen LogP contribution in [0.5, 0.6) is 0 Å². The van der Waals surface area contributed by atoms with Crippen LogP contribution >= 0.6 is 23.5 Å². The van der Waals surface area contributed by atoms with E-state index in [0.717, 1.165) is 16.1 Å². The van der Waals surface area contributed by atoms with Crippen molar-refractivity contribution in [1.82, 2.24) is 4.90 Å². The van der Waals surface area contributed by atoms with E-state index in [1.165, 1.54) is 17.3 Å². The summed E-state index contributed by atoms with van der Waals surface area (Å²) >= 11 is 3.10. The van der Waals surface area contributed by atoms with E-state index in [0.29, 0.717) is 16.0 Å². The molecule has 0 atom stereocenters. The van der Waals surface area contributed by atoms with Crippen molar-refractivity contribution in [1.29, 1.82) is 0 Å². The number of likely N-dealkylation sites (N-methyl/N-ethyl adjacent to an activating group) is 1. The molecule has 0 N–H and O–H groups in total. The average Bonchev–Trinajstić information content (AvgIpc) is 2.90. The van der Waals surface area contributed by atoms with Gasteiger partial charge >= 0.3 is 0 Å². The molecule has 0 unspecified atom stereocenters. The fraction of sp³-hybridized carbons (Fsp3) is 0.238. The van der Waals surface area contributed by atoms with Crippen LogP contribution in [0, 0.1) is 0 Å². The molecular formula is C21H22N2OS2. The van der Waals surface area contributed by atoms with Crippen molar-refractivity contribution in [2.24, 2.45) is 4.99 Å². The van der Waals surface area contributed by atoms with E-state index >= 15 is 0 Å². The Morgan fingerprint density at radius 1 is 1.15 bits per heavy atom. The molecule has 1 aliphatic heterocycles. The molecule has 1 amide bonds. The average molecular weight is 383 g/mol. The number of benzene rings is 2. The Hall–Kier alpha value is -1.98. The number of rotatable bonds is 4. The molecule has 3 rings (SSSR count). The monoisotopic (exact) mass is 382 g/mol. The van der Waals surface area contributed by atoms with Gasteiger partial charge in [0.15, 0.2) is 5.17 Å². The van der Waals surface area contributed by atoms with E-state index in [1.807, 2.05) is 30.5 Å². The molecule has 1 aliphatic rings. The molecule has 3 nitrogen and oxygen atoms in total. The largest absolute Gasteiger partial charge is 0.290 e. The number of carbonyl (C=O) groups excluding carboxylic acids is 1. The first-order valence-electron chi connectivity index (χ1n) is 8.48. The van der Waals surface area contributed by atoms with Crippen LogP contribution in [0.25, 0.3) is 6.08 Å². The lowest BCUT2D eigenvalue weighted by atomic mass is 10.0. The molecular weight excluding hydrogens is 360 g/mol. The van der Waals surface area contributed by atoms with Crippen LogP contribution in [0.15, 0.2) is 63.3 Å². The second-order valence-electron chi connectivity index (χ2n) is 6.39. The topological polar surface area (TPSA) is 32.7 Å². The maximum atomic E-state index is 12.6. The van der Waals surface area contributed by atoms with Crippen molar-refractivity contribution >= 4 is 46.4 Å². The lowest BCUT2D eigenvalue weighted by Gasteiger charge is -2.07. The molecule has 1 fully saturated rings. The Kier molecular flexibility index (Phi) is 5.89. The summed E-state index contributed by atoms with van der Waals surface area (Å²) < 4.78 is 0. The molecule has 134 valence electrons. The molecule has 0 bridgehead atoms. The van der Waals surface area contributed by atoms with Crippen LogP contribution in [0.3, 0.4) is 0 Å². The predicted molar refractivity (Wildman–Crippen MR) is 114 cm³/mol. The number of amidine groups is 1. The van der Waals surface area contributed by atoms with Crippen molar-refractivity contribution < 1.29 is 4.79 Å². The lowest BCUT2D eigenvalue weighted by molar-refractivity contribution is -0.121. The molecule has 5 heteroatoms. The van der Waals surface area contributed by atoms with Crippen molar-refractivity contribution in [2.75, 3.05) is 13.3 Å². The predicted octanol–water partition coefficient (Wildman–Crippen LogP) is 5.77. The number of hydrogen-bond acceptors (Lipinski definition) is 4. The van der Waals surface area contributed by atoms with Gasteiger partial charge in [-0.15, -0.1) is 11.8 Å². The van der Waals surface area contributed by atoms with Crippen molar-refractivity contribution in [3.63, 3.8) is 0 Å². The van der Waals surface area contributed by atoms with Gasteiger partial charge in [0.05, 0.1) is 10.6 Å². The molecule has 1 saturated heterocycles. The van der Waals surface area contributed by atoms with Crippen LogP contribution in [-0.2, 0) is 4.79 Å². The first-order valence-corrected chi connectivity index (χ1v) is 10.5. The molecule has 0 radical (unpaired) electrons. The SMILES string of the molecule is CSc1cccc(N=C2S/C(=C/c3ccc(C(C)C)cc3)C(=O)N2C)c1. The molecule has 2 aromatic carbocycles. The minimum Gasteiger partial charge on any atom is -0.290 e. The first kappa shape index (κ1) is 18.8. The highest BCUT2D eigenvalue weighted by atomic mass is 32.2. The smallest absolute Gasteiger partial charge is 0.266 e. The fourth-order valence-corrected chi connectivity index (χ4v) is 4.01. The van der Waals surface area contributed by atoms with Crippen LogP contribution in [-0.4, -0.2) is 29.3 Å². The molecule has 0 spiro atoms. The van der Waals surface area contributed by atoms with Crippen LogP contribution in [0.4, 0.5) is 5.69 Å². The number of amides is 1. The van der Waals surface area contributed by atoms with Gasteiger partial charge < -0.3 is 0 Å². The Balaban J connectivity index is 1.84. The van der Waals surface area contributed by atoms with Crippen LogP contribution < -0.4 is 0 Å². The van der Waals surface area contributed by atoms with Gasteiger partial charge in [0.1, 0.15) is 0 Å². The highest BCUT2D eigenvalue weighted by Gasteiger charge is 2.30. The number of thioether (sulfide) groups is 2. The third-order valence-corrected chi connectivity index (χ3v) is 5.97. The zero-order chi connectivity index (χ0) is 18.7. The van der Waals surface area contributed by atoms with E-state index in [1.54, 1.807) is 23.7 Å². The summed E-state index contributed by atoms with van der Waals surface area (Å²) in [5.41, 5.74) is 3.19. The van der Waals surface area contributed by atoms with Gasteiger partial charge in [-0.05, 0) is 59.3 Å². The van der Waals surface area contributed by atoms with E-state index in [4.69, 9.17) is 0 Å². The van der Waals surface area contributed by atoms with E-state index < -0.39 is 0 Å². The quantitative estimate of drug-likeness (QED) is 0.497. The summed E-state index contributed by atoms with van der Waals surface area (Å²) in [6.07, 6.45) is 3.98. The Labute approximate surface area is 163 Å². The molecule has 2 aromatic rings. The molecule has 0 aliphatic carbocycles. The third-order valence-electron chi connectivity index (χ3n) is 4.18. The summed E-state index contributed by atoms with van der Waals surface area (Å²) in [7, 11) is 1.77. The summed E-state index contributed by atoms with van der Waals surface area (Å²) in [5, 5.41) is 0.707. The van der Waals surface area contributed by atoms with E-state index in [2.05, 4.69) is 49.2 Å². The first-order chi connectivity index (χ1) is 12.5. The standard InChI is InChI=1S/C21H22N2OS2/c1-14(2)16-10-8-15(9-11-16)12-19-20(24)23(3)21(26-19)22-17-6-5-7-18(13-17)25-4/h5-14H,1-4H3/b19-12+,22-21?. The summed E-state index contributed by atoms with van der Waals surface area (Å²) in [6, 6.07) is 16.4. The lowest BCUT2D eigenvalue weighted by Crippen LogP contribution is -2.23. The Bertz CT molecular complexity index is 870. The van der Waals surface area contributed by atoms with Gasteiger partial charge in [0.25, 0.3) is 5.91 Å². The summed E-state index contributed by atoms with van der Waals surface area (Å²) in [4.78, 5) is 20.7. The zero-order valence-electron chi connectivity index (χ0n) is 15.4. The van der Waals surface area contributed by atoms with Gasteiger partial charge in [0.2, 0.25) is 0 Å². The number of hydrogen-bond donors (Lipinski definition) is 0. The normalized spacial score (nSPS) is 17.7. The van der Waals surface area contributed by atoms with Crippen LogP contribution in [0.1, 0.15) is 30.9 Å². The number of carbonyl (C=O) groups is 1. The van der Waals surface area contributed by atoms with Gasteiger partial charge in [-0.25, -0.2) is 4.99 Å². The van der Waals surface area contributed by atoms with Gasteiger partial charge in [-0.1, -0.05) is 44.2 Å². The maximum Gasteiger partial charge on any atom is 0.266 e. The number of aliphatic imine (C=N–C) groups is 1. The highest BCUT2D eigenvalue weighted by Crippen LogP contribution is 2.33. The fourth-order valence-electron chi connectivity index (χ4n) is 2.57. The van der Waals surface area contributed by atoms with E-state index in [9.17, 15) is 4.79 Å². The summed E-state index contributed by atoms with van der Waals surface area (Å²) in [5.74, 6) is 0.490. The Morgan fingerprint density at radius 2 is 1.88 bits per heavy atom. The van der Waals surface area contributed by atoms with Gasteiger partial charge in [0, 0.05) is 11.9 Å². The minimum atomic E-state index is -0.0114. The van der Waals surface area contributed by atoms with Crippen LogP contribution in [0.2, 0.25) is 0 Å². The Morgan fingerprint density at radius 3 is 2.54 bits per heavy atom. The van der Waals surface area contributed by atoms with Gasteiger partial charge in [-0.2, -0.15) is 0 Å². The second-order valence-corrected chi connectivity index (χ2v) is 8.28. The number of nitrogens with zero attached hydrogens (tertiary/aromatic N) is 2. The third kappa shape index (κ3) is 4.22. The molecule has 1 heterocycles. The zero-order valence-corrected chi connectivity index (χ0v) is 17.0. The van der Waals surface area contributed by atoms with Crippen molar-refractivity contribution in [2.45, 2.75) is 24.7 Å². The highest BCUT2D eigenvalue weighted by molar-refractivity contribution is 8.18. The van der Waals surface area contributed by atoms with Crippen molar-refractivity contribution in [3.8, 4) is 0 Å².